The van der Waals surface area contributed by atoms with Crippen LogP contribution in [0.5, 0.6) is 0 Å². The molecule has 0 unspecified atom stereocenters. The van der Waals surface area contributed by atoms with Crippen LogP contribution in [0.1, 0.15) is 16.1 Å². The van der Waals surface area contributed by atoms with Crippen molar-refractivity contribution in [3.05, 3.63) is 4.88 Å². The average Bonchev–Trinajstić information content (AvgIpc) is 2.67. The summed E-state index contributed by atoms with van der Waals surface area (Å²) in [6.07, 6.45) is 0.890. The fourth-order valence-electron chi connectivity index (χ4n) is 1.22. The summed E-state index contributed by atoms with van der Waals surface area (Å²) in [5.41, 5.74) is 5.71. The largest absolute Gasteiger partial charge is 0.382 e. The van der Waals surface area contributed by atoms with E-state index in [9.17, 15) is 4.79 Å². The zero-order chi connectivity index (χ0) is 12.8. The molecule has 0 saturated carbocycles. The minimum absolute atomic E-state index is 0.149. The van der Waals surface area contributed by atoms with Crippen LogP contribution in [0.2, 0.25) is 0 Å². The predicted molar refractivity (Wildman–Crippen MR) is 71.7 cm³/mol. The molecule has 0 fully saturated rings. The van der Waals surface area contributed by atoms with Gasteiger partial charge in [0.15, 0.2) is 5.13 Å². The van der Waals surface area contributed by atoms with Crippen molar-refractivity contribution in [3.63, 3.8) is 0 Å². The second-order valence-electron chi connectivity index (χ2n) is 3.82. The number of carbonyl (C=O) groups is 1. The first-order valence-corrected chi connectivity index (χ1v) is 6.24. The van der Waals surface area contributed by atoms with Crippen molar-refractivity contribution >= 4 is 28.2 Å². The standard InChI is InChI=1S/C10H19N5OS/c1-12-5-4-6-13-9(16)7-8(11)14-10(17-7)15(2)3/h12H,4-6,11H2,1-3H3,(H,13,16). The van der Waals surface area contributed by atoms with E-state index in [0.717, 1.165) is 18.1 Å². The molecule has 96 valence electrons. The van der Waals surface area contributed by atoms with E-state index < -0.39 is 0 Å². The summed E-state index contributed by atoms with van der Waals surface area (Å²) < 4.78 is 0. The molecule has 0 aromatic carbocycles. The first-order chi connectivity index (χ1) is 8.06. The van der Waals surface area contributed by atoms with Crippen LogP contribution < -0.4 is 21.3 Å². The first kappa shape index (κ1) is 13.7. The van der Waals surface area contributed by atoms with Crippen LogP contribution in [-0.4, -0.2) is 45.1 Å². The number of carbonyl (C=O) groups excluding carboxylic acids is 1. The molecule has 6 nitrogen and oxygen atoms in total. The van der Waals surface area contributed by atoms with Crippen LogP contribution in [0.15, 0.2) is 0 Å². The van der Waals surface area contributed by atoms with Gasteiger partial charge in [-0.2, -0.15) is 0 Å². The normalized spacial score (nSPS) is 10.3. The Labute approximate surface area is 105 Å². The number of nitrogens with zero attached hydrogens (tertiary/aromatic N) is 2. The molecule has 17 heavy (non-hydrogen) atoms. The highest BCUT2D eigenvalue weighted by molar-refractivity contribution is 7.18. The molecule has 1 amide bonds. The Morgan fingerprint density at radius 2 is 2.18 bits per heavy atom. The summed E-state index contributed by atoms with van der Waals surface area (Å²) in [6, 6.07) is 0. The van der Waals surface area contributed by atoms with Crippen LogP contribution >= 0.6 is 11.3 Å². The Morgan fingerprint density at radius 1 is 1.47 bits per heavy atom. The number of anilines is 2. The molecule has 1 heterocycles. The Hall–Kier alpha value is -1.34. The van der Waals surface area contributed by atoms with Gasteiger partial charge >= 0.3 is 0 Å². The molecule has 1 aromatic heterocycles. The zero-order valence-corrected chi connectivity index (χ0v) is 11.2. The van der Waals surface area contributed by atoms with Gasteiger partial charge < -0.3 is 21.3 Å². The van der Waals surface area contributed by atoms with Crippen molar-refractivity contribution in [2.24, 2.45) is 0 Å². The van der Waals surface area contributed by atoms with Gasteiger partial charge in [0, 0.05) is 20.6 Å². The van der Waals surface area contributed by atoms with Crippen molar-refractivity contribution in [2.45, 2.75) is 6.42 Å². The summed E-state index contributed by atoms with van der Waals surface area (Å²) in [4.78, 5) is 18.2. The van der Waals surface area contributed by atoms with Crippen LogP contribution in [0, 0.1) is 0 Å². The van der Waals surface area contributed by atoms with Crippen molar-refractivity contribution in [2.75, 3.05) is 44.9 Å². The van der Waals surface area contributed by atoms with E-state index >= 15 is 0 Å². The Balaban J connectivity index is 2.56. The fourth-order valence-corrected chi connectivity index (χ4v) is 2.05. The monoisotopic (exact) mass is 257 g/mol. The Bertz CT molecular complexity index is 377. The summed E-state index contributed by atoms with van der Waals surface area (Å²) in [5.74, 6) is 0.147. The van der Waals surface area contributed by atoms with E-state index in [2.05, 4.69) is 15.6 Å². The van der Waals surface area contributed by atoms with Crippen molar-refractivity contribution in [1.29, 1.82) is 0 Å². The number of aromatic nitrogens is 1. The highest BCUT2D eigenvalue weighted by Crippen LogP contribution is 2.26. The topological polar surface area (TPSA) is 83.3 Å². The van der Waals surface area contributed by atoms with Gasteiger partial charge in [-0.3, -0.25) is 4.79 Å². The molecule has 1 aromatic rings. The quantitative estimate of drug-likeness (QED) is 0.631. The van der Waals surface area contributed by atoms with Gasteiger partial charge in [-0.25, -0.2) is 4.98 Å². The highest BCUT2D eigenvalue weighted by atomic mass is 32.1. The number of rotatable bonds is 6. The molecule has 4 N–H and O–H groups in total. The molecule has 1 rings (SSSR count). The number of nitrogens with two attached hydrogens (primary N) is 1. The number of thiazole rings is 1. The Kier molecular flexibility index (Phi) is 5.17. The van der Waals surface area contributed by atoms with Gasteiger partial charge in [0.2, 0.25) is 0 Å². The maximum absolute atomic E-state index is 11.8. The highest BCUT2D eigenvalue weighted by Gasteiger charge is 2.16. The molecule has 0 radical (unpaired) electrons. The fraction of sp³-hybridized carbons (Fsp3) is 0.600. The third-order valence-electron chi connectivity index (χ3n) is 2.12. The molecule has 7 heteroatoms. The summed E-state index contributed by atoms with van der Waals surface area (Å²) >= 11 is 1.30. The average molecular weight is 257 g/mol. The molecular formula is C10H19N5OS. The van der Waals surface area contributed by atoms with Crippen molar-refractivity contribution in [3.8, 4) is 0 Å². The second-order valence-corrected chi connectivity index (χ2v) is 4.80. The van der Waals surface area contributed by atoms with E-state index in [4.69, 9.17) is 5.73 Å². The van der Waals surface area contributed by atoms with Gasteiger partial charge in [0.25, 0.3) is 5.91 Å². The maximum Gasteiger partial charge on any atom is 0.265 e. The minimum atomic E-state index is -0.149. The lowest BCUT2D eigenvalue weighted by Crippen LogP contribution is -2.26. The summed E-state index contributed by atoms with van der Waals surface area (Å²) in [5, 5.41) is 6.58. The number of amides is 1. The maximum atomic E-state index is 11.8. The first-order valence-electron chi connectivity index (χ1n) is 5.42. The van der Waals surface area contributed by atoms with E-state index in [1.165, 1.54) is 11.3 Å². The third kappa shape index (κ3) is 3.86. The lowest BCUT2D eigenvalue weighted by molar-refractivity contribution is 0.0958. The van der Waals surface area contributed by atoms with Crippen molar-refractivity contribution < 1.29 is 4.79 Å². The van der Waals surface area contributed by atoms with Gasteiger partial charge in [-0.1, -0.05) is 11.3 Å². The lowest BCUT2D eigenvalue weighted by atomic mass is 10.4. The van der Waals surface area contributed by atoms with E-state index in [1.54, 1.807) is 0 Å². The number of nitrogens with one attached hydrogen (secondary N) is 2. The Morgan fingerprint density at radius 3 is 2.71 bits per heavy atom. The van der Waals surface area contributed by atoms with E-state index in [1.807, 2.05) is 26.0 Å². The molecule has 0 aliphatic heterocycles. The molecule has 0 bridgehead atoms. The van der Waals surface area contributed by atoms with Crippen LogP contribution in [0.4, 0.5) is 10.9 Å². The van der Waals surface area contributed by atoms with Gasteiger partial charge in [-0.15, -0.1) is 0 Å². The van der Waals surface area contributed by atoms with E-state index in [0.29, 0.717) is 17.2 Å². The van der Waals surface area contributed by atoms with Gasteiger partial charge in [0.1, 0.15) is 10.7 Å². The summed E-state index contributed by atoms with van der Waals surface area (Å²) in [6.45, 7) is 1.51. The SMILES string of the molecule is CNCCCNC(=O)c1sc(N(C)C)nc1N. The molecule has 0 aliphatic carbocycles. The number of hydrogen-bond acceptors (Lipinski definition) is 6. The van der Waals surface area contributed by atoms with Gasteiger partial charge in [-0.05, 0) is 20.0 Å². The molecular weight excluding hydrogens is 238 g/mol. The van der Waals surface area contributed by atoms with Crippen LogP contribution in [0.3, 0.4) is 0 Å². The number of nitrogen functional groups attached to an aromatic ring is 1. The minimum Gasteiger partial charge on any atom is -0.382 e. The molecule has 0 atom stereocenters. The zero-order valence-electron chi connectivity index (χ0n) is 10.4. The van der Waals surface area contributed by atoms with Crippen LogP contribution in [-0.2, 0) is 0 Å². The smallest absolute Gasteiger partial charge is 0.265 e. The second kappa shape index (κ2) is 6.41. The predicted octanol–water partition coefficient (Wildman–Crippen LogP) is 0.131. The number of hydrogen-bond donors (Lipinski definition) is 3. The van der Waals surface area contributed by atoms with Gasteiger partial charge in [0.05, 0.1) is 0 Å². The summed E-state index contributed by atoms with van der Waals surface area (Å²) in [7, 11) is 5.62. The van der Waals surface area contributed by atoms with Crippen LogP contribution in [0.25, 0.3) is 0 Å². The lowest BCUT2D eigenvalue weighted by Gasteiger charge is -2.05. The molecule has 0 aliphatic rings. The van der Waals surface area contributed by atoms with E-state index in [-0.39, 0.29) is 5.91 Å². The third-order valence-corrected chi connectivity index (χ3v) is 3.36. The van der Waals surface area contributed by atoms with Crippen molar-refractivity contribution in [1.82, 2.24) is 15.6 Å². The molecule has 0 saturated heterocycles. The molecule has 0 spiro atoms.